The molecule has 21 heavy (non-hydrogen) atoms. The summed E-state index contributed by atoms with van der Waals surface area (Å²) < 4.78 is 0.851. The van der Waals surface area contributed by atoms with Crippen LogP contribution >= 0.6 is 15.9 Å². The van der Waals surface area contributed by atoms with Crippen LogP contribution in [0.1, 0.15) is 49.4 Å². The van der Waals surface area contributed by atoms with Crippen molar-refractivity contribution in [1.82, 2.24) is 10.2 Å². The predicted octanol–water partition coefficient (Wildman–Crippen LogP) is 3.83. The van der Waals surface area contributed by atoms with E-state index in [1.807, 2.05) is 24.3 Å². The summed E-state index contributed by atoms with van der Waals surface area (Å²) in [6.45, 7) is 5.33. The topological polar surface area (TPSA) is 32.3 Å². The van der Waals surface area contributed by atoms with Gasteiger partial charge < -0.3 is 10.2 Å². The van der Waals surface area contributed by atoms with Crippen molar-refractivity contribution in [3.05, 3.63) is 34.3 Å². The smallest absolute Gasteiger partial charge is 0.252 e. The molecule has 0 bridgehead atoms. The molecule has 0 aliphatic carbocycles. The molecule has 1 aromatic rings. The third kappa shape index (κ3) is 4.82. The molecular weight excluding hydrogens is 328 g/mol. The molecule has 1 N–H and O–H groups in total. The third-order valence-electron chi connectivity index (χ3n) is 4.25. The van der Waals surface area contributed by atoms with E-state index in [0.717, 1.165) is 30.0 Å². The third-order valence-corrected chi connectivity index (χ3v) is 4.94. The fraction of sp³-hybridized carbons (Fsp3) is 0.588. The van der Waals surface area contributed by atoms with Crippen LogP contribution in [0.25, 0.3) is 0 Å². The zero-order valence-electron chi connectivity index (χ0n) is 12.8. The number of hydrogen-bond donors (Lipinski definition) is 1. The first-order valence-corrected chi connectivity index (χ1v) is 8.78. The number of nitrogens with one attached hydrogen (secondary N) is 1. The van der Waals surface area contributed by atoms with Gasteiger partial charge in [0.05, 0.1) is 5.56 Å². The molecule has 116 valence electrons. The Bertz CT molecular complexity index is 464. The van der Waals surface area contributed by atoms with E-state index in [9.17, 15) is 4.79 Å². The van der Waals surface area contributed by atoms with Crippen molar-refractivity contribution in [3.8, 4) is 0 Å². The molecule has 1 atom stereocenters. The van der Waals surface area contributed by atoms with Crippen molar-refractivity contribution in [3.63, 3.8) is 0 Å². The SMILES string of the molecule is CCC1CCCCN1CCCNC(=O)c1ccccc1Br. The number of carbonyl (C=O) groups excluding carboxylic acids is 1. The van der Waals surface area contributed by atoms with E-state index < -0.39 is 0 Å². The maximum atomic E-state index is 12.1. The number of likely N-dealkylation sites (tertiary alicyclic amines) is 1. The van der Waals surface area contributed by atoms with Gasteiger partial charge in [-0.3, -0.25) is 4.79 Å². The lowest BCUT2D eigenvalue weighted by Crippen LogP contribution is -2.40. The lowest BCUT2D eigenvalue weighted by atomic mass is 10.00. The molecule has 1 aromatic carbocycles. The number of benzene rings is 1. The minimum absolute atomic E-state index is 0.00756. The second-order valence-electron chi connectivity index (χ2n) is 5.68. The van der Waals surface area contributed by atoms with Crippen LogP contribution in [0.5, 0.6) is 0 Å². The minimum Gasteiger partial charge on any atom is -0.352 e. The molecular formula is C17H25BrN2O. The normalized spacial score (nSPS) is 19.4. The van der Waals surface area contributed by atoms with Gasteiger partial charge in [0.25, 0.3) is 5.91 Å². The van der Waals surface area contributed by atoms with E-state index >= 15 is 0 Å². The van der Waals surface area contributed by atoms with Gasteiger partial charge in [-0.1, -0.05) is 25.5 Å². The Balaban J connectivity index is 1.72. The van der Waals surface area contributed by atoms with E-state index in [0.29, 0.717) is 5.56 Å². The van der Waals surface area contributed by atoms with Crippen molar-refractivity contribution in [2.75, 3.05) is 19.6 Å². The molecule has 1 heterocycles. The molecule has 2 rings (SSSR count). The Hall–Kier alpha value is -0.870. The summed E-state index contributed by atoms with van der Waals surface area (Å²) in [6.07, 6.45) is 6.28. The first-order valence-electron chi connectivity index (χ1n) is 7.99. The molecule has 1 unspecified atom stereocenters. The molecule has 3 nitrogen and oxygen atoms in total. The first-order chi connectivity index (χ1) is 10.2. The monoisotopic (exact) mass is 352 g/mol. The van der Waals surface area contributed by atoms with Crippen LogP contribution in [0.2, 0.25) is 0 Å². The fourth-order valence-corrected chi connectivity index (χ4v) is 3.51. The highest BCUT2D eigenvalue weighted by atomic mass is 79.9. The standard InChI is InChI=1S/C17H25BrN2O/c1-2-14-8-5-6-12-20(14)13-7-11-19-17(21)15-9-3-4-10-16(15)18/h3-4,9-10,14H,2,5-8,11-13H2,1H3,(H,19,21). The molecule has 1 amide bonds. The van der Waals surface area contributed by atoms with Crippen LogP contribution in [0.15, 0.2) is 28.7 Å². The summed E-state index contributed by atoms with van der Waals surface area (Å²) in [4.78, 5) is 14.7. The molecule has 0 aromatic heterocycles. The minimum atomic E-state index is 0.00756. The van der Waals surface area contributed by atoms with Gasteiger partial charge in [-0.05, 0) is 60.3 Å². The number of rotatable bonds is 6. The molecule has 1 aliphatic heterocycles. The van der Waals surface area contributed by atoms with Gasteiger partial charge in [0, 0.05) is 23.6 Å². The second kappa shape index (κ2) is 8.54. The molecule has 4 heteroatoms. The first kappa shape index (κ1) is 16.5. The summed E-state index contributed by atoms with van der Waals surface area (Å²) in [5.74, 6) is 0.00756. The highest BCUT2D eigenvalue weighted by Crippen LogP contribution is 2.19. The summed E-state index contributed by atoms with van der Waals surface area (Å²) in [7, 11) is 0. The lowest BCUT2D eigenvalue weighted by molar-refractivity contribution is 0.0946. The largest absolute Gasteiger partial charge is 0.352 e. The summed E-state index contributed by atoms with van der Waals surface area (Å²) >= 11 is 3.42. The number of piperidine rings is 1. The van der Waals surface area contributed by atoms with Gasteiger partial charge >= 0.3 is 0 Å². The number of carbonyl (C=O) groups is 1. The Morgan fingerprint density at radius 2 is 2.19 bits per heavy atom. The van der Waals surface area contributed by atoms with Gasteiger partial charge in [-0.2, -0.15) is 0 Å². The van der Waals surface area contributed by atoms with Crippen molar-refractivity contribution in [2.24, 2.45) is 0 Å². The van der Waals surface area contributed by atoms with E-state index in [-0.39, 0.29) is 5.91 Å². The van der Waals surface area contributed by atoms with Crippen molar-refractivity contribution < 1.29 is 4.79 Å². The van der Waals surface area contributed by atoms with Gasteiger partial charge in [0.2, 0.25) is 0 Å². The molecule has 0 saturated carbocycles. The Morgan fingerprint density at radius 1 is 1.38 bits per heavy atom. The van der Waals surface area contributed by atoms with Gasteiger partial charge in [-0.15, -0.1) is 0 Å². The van der Waals surface area contributed by atoms with Gasteiger partial charge in [0.15, 0.2) is 0 Å². The molecule has 0 radical (unpaired) electrons. The van der Waals surface area contributed by atoms with E-state index in [1.165, 1.54) is 32.2 Å². The lowest BCUT2D eigenvalue weighted by Gasteiger charge is -2.35. The van der Waals surface area contributed by atoms with Crippen molar-refractivity contribution in [2.45, 2.75) is 45.1 Å². The summed E-state index contributed by atoms with van der Waals surface area (Å²) in [5.41, 5.74) is 0.710. The highest BCUT2D eigenvalue weighted by Gasteiger charge is 2.19. The van der Waals surface area contributed by atoms with Crippen LogP contribution < -0.4 is 5.32 Å². The van der Waals surface area contributed by atoms with Crippen LogP contribution in [0.4, 0.5) is 0 Å². The van der Waals surface area contributed by atoms with Crippen LogP contribution in [-0.2, 0) is 0 Å². The maximum absolute atomic E-state index is 12.1. The van der Waals surface area contributed by atoms with E-state index in [2.05, 4.69) is 33.1 Å². The van der Waals surface area contributed by atoms with Crippen molar-refractivity contribution >= 4 is 21.8 Å². The van der Waals surface area contributed by atoms with Crippen LogP contribution in [0, 0.1) is 0 Å². The van der Waals surface area contributed by atoms with Crippen LogP contribution in [-0.4, -0.2) is 36.5 Å². The Morgan fingerprint density at radius 3 is 2.95 bits per heavy atom. The number of halogens is 1. The molecule has 0 spiro atoms. The van der Waals surface area contributed by atoms with Crippen molar-refractivity contribution in [1.29, 1.82) is 0 Å². The second-order valence-corrected chi connectivity index (χ2v) is 6.54. The zero-order valence-corrected chi connectivity index (χ0v) is 14.4. The molecule has 1 aliphatic rings. The van der Waals surface area contributed by atoms with E-state index in [4.69, 9.17) is 0 Å². The maximum Gasteiger partial charge on any atom is 0.252 e. The zero-order chi connectivity index (χ0) is 15.1. The summed E-state index contributed by atoms with van der Waals surface area (Å²) in [6, 6.07) is 8.30. The Labute approximate surface area is 136 Å². The van der Waals surface area contributed by atoms with Gasteiger partial charge in [-0.25, -0.2) is 0 Å². The fourth-order valence-electron chi connectivity index (χ4n) is 3.04. The summed E-state index contributed by atoms with van der Waals surface area (Å²) in [5, 5.41) is 3.02. The number of hydrogen-bond acceptors (Lipinski definition) is 2. The number of nitrogens with zero attached hydrogens (tertiary/aromatic N) is 1. The van der Waals surface area contributed by atoms with Crippen LogP contribution in [0.3, 0.4) is 0 Å². The van der Waals surface area contributed by atoms with Gasteiger partial charge in [0.1, 0.15) is 0 Å². The number of amides is 1. The average molecular weight is 353 g/mol. The Kier molecular flexibility index (Phi) is 6.71. The highest BCUT2D eigenvalue weighted by molar-refractivity contribution is 9.10. The predicted molar refractivity (Wildman–Crippen MR) is 90.6 cm³/mol. The van der Waals surface area contributed by atoms with E-state index in [1.54, 1.807) is 0 Å². The molecule has 1 saturated heterocycles. The quantitative estimate of drug-likeness (QED) is 0.789. The molecule has 1 fully saturated rings. The average Bonchev–Trinajstić information content (AvgIpc) is 2.52.